The lowest BCUT2D eigenvalue weighted by atomic mass is 9.97. The molecule has 2 aliphatic carbocycles. The second-order valence-electron chi connectivity index (χ2n) is 11.0. The van der Waals surface area contributed by atoms with Crippen LogP contribution in [0.5, 0.6) is 5.75 Å². The number of nitrogens with zero attached hydrogens (tertiary/aromatic N) is 2. The van der Waals surface area contributed by atoms with Crippen molar-refractivity contribution in [1.82, 2.24) is 4.98 Å². The van der Waals surface area contributed by atoms with Crippen molar-refractivity contribution in [1.29, 1.82) is 0 Å². The first kappa shape index (κ1) is 27.0. The van der Waals surface area contributed by atoms with Gasteiger partial charge in [-0.15, -0.1) is 0 Å². The van der Waals surface area contributed by atoms with Crippen molar-refractivity contribution in [2.75, 3.05) is 7.11 Å². The molecule has 6 rings (SSSR count). The number of hydrogen-bond donors (Lipinski definition) is 1. The van der Waals surface area contributed by atoms with Crippen molar-refractivity contribution >= 4 is 29.7 Å². The summed E-state index contributed by atoms with van der Waals surface area (Å²) in [6.45, 7) is 13.4. The molecule has 0 amide bonds. The molecule has 0 aromatic carbocycles. The third-order valence-corrected chi connectivity index (χ3v) is 8.91. The van der Waals surface area contributed by atoms with Crippen LogP contribution in [0.4, 0.5) is 0 Å². The number of ether oxygens (including phenoxy) is 1. The van der Waals surface area contributed by atoms with E-state index in [4.69, 9.17) is 14.7 Å². The van der Waals surface area contributed by atoms with Crippen molar-refractivity contribution in [2.45, 2.75) is 67.2 Å². The molecular weight excluding hydrogens is 502 g/mol. The van der Waals surface area contributed by atoms with Crippen LogP contribution in [0.25, 0.3) is 29.4 Å². The number of aromatic nitrogens is 1. The van der Waals surface area contributed by atoms with E-state index >= 15 is 0 Å². The van der Waals surface area contributed by atoms with Gasteiger partial charge < -0.3 is 9.72 Å². The Morgan fingerprint density at radius 3 is 1.93 bits per heavy atom. The van der Waals surface area contributed by atoms with E-state index < -0.39 is 0 Å². The van der Waals surface area contributed by atoms with Gasteiger partial charge in [-0.25, -0.2) is 9.98 Å². The van der Waals surface area contributed by atoms with Crippen LogP contribution < -0.4 is 15.4 Å². The minimum atomic E-state index is 0.842. The number of aromatic amines is 1. The second kappa shape index (κ2) is 10.7. The molecule has 0 unspecified atom stereocenters. The van der Waals surface area contributed by atoms with Crippen LogP contribution in [0.3, 0.4) is 0 Å². The molecule has 0 radical (unpaired) electrons. The number of H-pyrrole nitrogens is 1. The Bertz CT molecular complexity index is 1870. The Labute approximate surface area is 243 Å². The number of fused-ring (bicyclic) bond motifs is 9. The molecule has 0 atom stereocenters. The highest BCUT2D eigenvalue weighted by molar-refractivity contribution is 6.24. The SMILES string of the molecule is CCC1=C(C)C2=NC1=Cc1cc(c3ccc(OC)ccc1-3)C=c1[nH]c(c(C)c1CC)=CC1=NC(=C2)C(CC)=C1CC. The highest BCUT2D eigenvalue weighted by Gasteiger charge is 2.25. The largest absolute Gasteiger partial charge is 0.497 e. The molecule has 0 fully saturated rings. The lowest BCUT2D eigenvalue weighted by Gasteiger charge is -2.05. The van der Waals surface area contributed by atoms with Crippen molar-refractivity contribution in [2.24, 2.45) is 9.98 Å². The molecule has 41 heavy (non-hydrogen) atoms. The van der Waals surface area contributed by atoms with Crippen LogP contribution in [-0.4, -0.2) is 23.5 Å². The first-order chi connectivity index (χ1) is 19.9. The number of nitrogens with one attached hydrogen (secondary N) is 1. The average molecular weight is 542 g/mol. The lowest BCUT2D eigenvalue weighted by Crippen LogP contribution is -2.14. The maximum absolute atomic E-state index is 5.59. The Balaban J connectivity index is 1.73. The number of allylic oxidation sites excluding steroid dienone is 5. The maximum Gasteiger partial charge on any atom is 0.118 e. The molecule has 0 saturated carbocycles. The van der Waals surface area contributed by atoms with E-state index in [1.165, 1.54) is 55.7 Å². The number of aliphatic imine (C=N–C) groups is 2. The molecule has 5 aliphatic rings. The molecule has 1 aromatic rings. The van der Waals surface area contributed by atoms with Crippen LogP contribution in [0.1, 0.15) is 76.1 Å². The molecule has 8 bridgehead atoms. The van der Waals surface area contributed by atoms with Gasteiger partial charge in [0.1, 0.15) is 5.75 Å². The summed E-state index contributed by atoms with van der Waals surface area (Å²) in [5.74, 6) is 0.842. The van der Waals surface area contributed by atoms with E-state index in [2.05, 4.69) is 101 Å². The number of hydrogen-bond acceptors (Lipinski definition) is 3. The van der Waals surface area contributed by atoms with Crippen molar-refractivity contribution < 1.29 is 4.74 Å². The van der Waals surface area contributed by atoms with Crippen LogP contribution in [0.15, 0.2) is 80.1 Å². The van der Waals surface area contributed by atoms with Crippen LogP contribution in [-0.2, 0) is 6.42 Å². The molecule has 4 nitrogen and oxygen atoms in total. The topological polar surface area (TPSA) is 49.7 Å². The predicted molar refractivity (Wildman–Crippen MR) is 173 cm³/mol. The maximum atomic E-state index is 5.59. The molecule has 4 heteroatoms. The van der Waals surface area contributed by atoms with E-state index in [9.17, 15) is 0 Å². The number of methoxy groups -OCH3 is 1. The van der Waals surface area contributed by atoms with Gasteiger partial charge in [-0.05, 0) is 138 Å². The highest BCUT2D eigenvalue weighted by Crippen LogP contribution is 2.39. The summed E-state index contributed by atoms with van der Waals surface area (Å²) in [5.41, 5.74) is 16.7. The summed E-state index contributed by atoms with van der Waals surface area (Å²) in [5, 5.41) is 2.29. The Morgan fingerprint density at radius 2 is 1.29 bits per heavy atom. The molecule has 208 valence electrons. The van der Waals surface area contributed by atoms with Gasteiger partial charge in [0.25, 0.3) is 0 Å². The standard InChI is InChI=1S/C37H39N3O/c1-8-26-21(5)32-19-36-28(10-3)29(11-4)37(40-36)20-33-22(6)27(9-2)35(39-33)18-24-16-23(17-34(26)38-32)30-14-12-25(41-7)13-15-31(24)30/h12-20,38H,8-11H2,1-7H3. The van der Waals surface area contributed by atoms with Crippen molar-refractivity contribution in [3.8, 4) is 16.9 Å². The normalized spacial score (nSPS) is 16.4. The van der Waals surface area contributed by atoms with Gasteiger partial charge in [-0.3, -0.25) is 0 Å². The Morgan fingerprint density at radius 1 is 0.659 bits per heavy atom. The van der Waals surface area contributed by atoms with Crippen molar-refractivity contribution in [3.63, 3.8) is 0 Å². The summed E-state index contributed by atoms with van der Waals surface area (Å²) in [6.07, 6.45) is 12.8. The molecule has 1 aromatic heterocycles. The third kappa shape index (κ3) is 4.46. The summed E-state index contributed by atoms with van der Waals surface area (Å²) in [6, 6.07) is 10.8. The van der Waals surface area contributed by atoms with Crippen molar-refractivity contribution in [3.05, 3.63) is 103 Å². The van der Waals surface area contributed by atoms with Crippen LogP contribution >= 0.6 is 0 Å². The van der Waals surface area contributed by atoms with E-state index in [1.54, 1.807) is 7.11 Å². The van der Waals surface area contributed by atoms with Gasteiger partial charge in [0.05, 0.1) is 29.9 Å². The fourth-order valence-electron chi connectivity index (χ4n) is 6.67. The van der Waals surface area contributed by atoms with Gasteiger partial charge in [0, 0.05) is 10.7 Å². The minimum Gasteiger partial charge on any atom is -0.497 e. The summed E-state index contributed by atoms with van der Waals surface area (Å²) >= 11 is 0. The van der Waals surface area contributed by atoms with E-state index in [1.807, 2.05) is 0 Å². The smallest absolute Gasteiger partial charge is 0.118 e. The van der Waals surface area contributed by atoms with E-state index in [-0.39, 0.29) is 0 Å². The second-order valence-corrected chi connectivity index (χ2v) is 11.0. The predicted octanol–water partition coefficient (Wildman–Crippen LogP) is 7.60. The quantitative estimate of drug-likeness (QED) is 0.355. The van der Waals surface area contributed by atoms with Gasteiger partial charge in [0.15, 0.2) is 0 Å². The Kier molecular flexibility index (Phi) is 7.03. The molecule has 0 saturated heterocycles. The molecule has 1 N–H and O–H groups in total. The zero-order chi connectivity index (χ0) is 28.8. The zero-order valence-corrected chi connectivity index (χ0v) is 25.3. The van der Waals surface area contributed by atoms with Gasteiger partial charge in [0.2, 0.25) is 0 Å². The first-order valence-electron chi connectivity index (χ1n) is 15.0. The molecule has 4 heterocycles. The number of rotatable bonds is 5. The molecular formula is C37H39N3O. The Hall–Kier alpha value is -4.18. The van der Waals surface area contributed by atoms with Gasteiger partial charge in [-0.1, -0.05) is 39.8 Å². The van der Waals surface area contributed by atoms with E-state index in [0.29, 0.717) is 0 Å². The zero-order valence-electron chi connectivity index (χ0n) is 25.3. The average Bonchev–Trinajstić information content (AvgIpc) is 3.60. The minimum absolute atomic E-state index is 0.842. The molecule has 3 aliphatic heterocycles. The van der Waals surface area contributed by atoms with Crippen LogP contribution in [0, 0.1) is 6.92 Å². The fourth-order valence-corrected chi connectivity index (χ4v) is 6.67. The van der Waals surface area contributed by atoms with Gasteiger partial charge in [-0.2, -0.15) is 0 Å². The first-order valence-corrected chi connectivity index (χ1v) is 15.0. The van der Waals surface area contributed by atoms with E-state index in [0.717, 1.165) is 64.9 Å². The monoisotopic (exact) mass is 541 g/mol. The summed E-state index contributed by atoms with van der Waals surface area (Å²) in [7, 11) is 1.72. The lowest BCUT2D eigenvalue weighted by molar-refractivity contribution is 0.415. The summed E-state index contributed by atoms with van der Waals surface area (Å²) < 4.78 is 5.59. The van der Waals surface area contributed by atoms with Gasteiger partial charge >= 0.3 is 0 Å². The summed E-state index contributed by atoms with van der Waals surface area (Å²) in [4.78, 5) is 14.2. The fraction of sp³-hybridized carbons (Fsp3) is 0.297. The highest BCUT2D eigenvalue weighted by atomic mass is 16.5. The molecule has 0 spiro atoms. The third-order valence-electron chi connectivity index (χ3n) is 8.91. The van der Waals surface area contributed by atoms with Crippen LogP contribution in [0.2, 0.25) is 0 Å².